The second-order valence-electron chi connectivity index (χ2n) is 6.92. The van der Waals surface area contributed by atoms with E-state index in [1.807, 2.05) is 6.07 Å². The molecule has 30 heavy (non-hydrogen) atoms. The Morgan fingerprint density at radius 3 is 2.60 bits per heavy atom. The highest BCUT2D eigenvalue weighted by Crippen LogP contribution is 2.21. The van der Waals surface area contributed by atoms with Crippen molar-refractivity contribution in [3.05, 3.63) is 29.8 Å². The highest BCUT2D eigenvalue weighted by atomic mass is 127. The number of hydrogen-bond acceptors (Lipinski definition) is 5. The predicted octanol–water partition coefficient (Wildman–Crippen LogP) is 2.20. The quantitative estimate of drug-likeness (QED) is 0.189. The zero-order valence-corrected chi connectivity index (χ0v) is 21.1. The zero-order chi connectivity index (χ0) is 21.0. The number of benzene rings is 1. The van der Waals surface area contributed by atoms with E-state index in [2.05, 4.69) is 15.6 Å². The van der Waals surface area contributed by atoms with Crippen molar-refractivity contribution < 1.29 is 17.9 Å². The molecule has 1 aliphatic rings. The van der Waals surface area contributed by atoms with Gasteiger partial charge in [0.05, 0.1) is 18.1 Å². The lowest BCUT2D eigenvalue weighted by molar-refractivity contribution is 0.0698. The van der Waals surface area contributed by atoms with Gasteiger partial charge >= 0.3 is 0 Å². The van der Waals surface area contributed by atoms with Gasteiger partial charge in [0.25, 0.3) is 0 Å². The number of rotatable bonds is 11. The van der Waals surface area contributed by atoms with Crippen molar-refractivity contribution in [3.63, 3.8) is 0 Å². The molecular weight excluding hydrogens is 519 g/mol. The van der Waals surface area contributed by atoms with Gasteiger partial charge in [0.15, 0.2) is 5.96 Å². The van der Waals surface area contributed by atoms with Crippen molar-refractivity contribution >= 4 is 40.0 Å². The highest BCUT2D eigenvalue weighted by molar-refractivity contribution is 14.0. The Morgan fingerprint density at radius 1 is 1.13 bits per heavy atom. The molecule has 0 atom stereocenters. The van der Waals surface area contributed by atoms with Crippen LogP contribution in [-0.4, -0.2) is 72.3 Å². The predicted molar refractivity (Wildman–Crippen MR) is 130 cm³/mol. The topological polar surface area (TPSA) is 92.3 Å². The van der Waals surface area contributed by atoms with Gasteiger partial charge in [-0.2, -0.15) is 4.31 Å². The Morgan fingerprint density at radius 2 is 1.90 bits per heavy atom. The standard InChI is InChI=1S/C20H34N4O4S.HI/c1-21-20(22-10-7-13-28-15-14-27-2)23-17-18-8-6-9-19(16-18)29(25,26)24-11-4-3-5-12-24;/h6,8-9,16H,3-5,7,10-15,17H2,1-2H3,(H2,21,22,23);1H. The fourth-order valence-electron chi connectivity index (χ4n) is 3.10. The van der Waals surface area contributed by atoms with Gasteiger partial charge in [-0.3, -0.25) is 4.99 Å². The number of hydrogen-bond donors (Lipinski definition) is 2. The lowest BCUT2D eigenvalue weighted by atomic mass is 10.2. The summed E-state index contributed by atoms with van der Waals surface area (Å²) in [6.45, 7) is 4.30. The second kappa shape index (κ2) is 15.0. The van der Waals surface area contributed by atoms with E-state index in [1.54, 1.807) is 36.7 Å². The molecule has 0 saturated carbocycles. The first-order chi connectivity index (χ1) is 14.1. The normalized spacial score (nSPS) is 15.5. The Kier molecular flexibility index (Phi) is 13.5. The summed E-state index contributed by atoms with van der Waals surface area (Å²) in [5.74, 6) is 0.672. The minimum Gasteiger partial charge on any atom is -0.382 e. The van der Waals surface area contributed by atoms with E-state index in [1.165, 1.54) is 0 Å². The van der Waals surface area contributed by atoms with Crippen LogP contribution in [0.15, 0.2) is 34.2 Å². The lowest BCUT2D eigenvalue weighted by Gasteiger charge is -2.26. The molecule has 2 N–H and O–H groups in total. The minimum atomic E-state index is -3.42. The number of halogens is 1. The van der Waals surface area contributed by atoms with E-state index >= 15 is 0 Å². The Labute approximate surface area is 197 Å². The summed E-state index contributed by atoms with van der Waals surface area (Å²) in [5.41, 5.74) is 0.897. The molecule has 0 aromatic heterocycles. The maximum absolute atomic E-state index is 12.9. The van der Waals surface area contributed by atoms with Gasteiger partial charge in [0.2, 0.25) is 10.0 Å². The van der Waals surface area contributed by atoms with Crippen molar-refractivity contribution in [2.24, 2.45) is 4.99 Å². The molecule has 0 amide bonds. The summed E-state index contributed by atoms with van der Waals surface area (Å²) in [7, 11) is -0.0570. The number of piperidine rings is 1. The van der Waals surface area contributed by atoms with Crippen LogP contribution in [-0.2, 0) is 26.0 Å². The van der Waals surface area contributed by atoms with Gasteiger partial charge in [-0.1, -0.05) is 18.6 Å². The maximum Gasteiger partial charge on any atom is 0.243 e. The number of methoxy groups -OCH3 is 1. The van der Waals surface area contributed by atoms with Crippen molar-refractivity contribution in [2.45, 2.75) is 37.1 Å². The van der Waals surface area contributed by atoms with E-state index < -0.39 is 10.0 Å². The minimum absolute atomic E-state index is 0. The summed E-state index contributed by atoms with van der Waals surface area (Å²) >= 11 is 0. The Balaban J connectivity index is 0.00000450. The van der Waals surface area contributed by atoms with E-state index in [9.17, 15) is 8.42 Å². The van der Waals surface area contributed by atoms with Crippen molar-refractivity contribution in [3.8, 4) is 0 Å². The molecule has 1 fully saturated rings. The molecule has 0 bridgehead atoms. The van der Waals surface area contributed by atoms with Crippen LogP contribution in [0.5, 0.6) is 0 Å². The van der Waals surface area contributed by atoms with Crippen LogP contribution in [0.4, 0.5) is 0 Å². The molecule has 0 aliphatic carbocycles. The average molecular weight is 554 g/mol. The molecule has 2 rings (SSSR count). The Bertz CT molecular complexity index is 740. The van der Waals surface area contributed by atoms with Gasteiger partial charge in [0, 0.05) is 46.9 Å². The first kappa shape index (κ1) is 27.1. The number of aliphatic imine (C=N–C) groups is 1. The largest absolute Gasteiger partial charge is 0.382 e. The van der Waals surface area contributed by atoms with E-state index in [0.717, 1.165) is 37.8 Å². The van der Waals surface area contributed by atoms with Crippen molar-refractivity contribution in [1.82, 2.24) is 14.9 Å². The van der Waals surface area contributed by atoms with Crippen LogP contribution in [0.25, 0.3) is 0 Å². The van der Waals surface area contributed by atoms with Crippen LogP contribution in [0.3, 0.4) is 0 Å². The molecule has 0 radical (unpaired) electrons. The molecule has 1 aromatic carbocycles. The SMILES string of the molecule is CN=C(NCCCOCCOC)NCc1cccc(S(=O)(=O)N2CCCCC2)c1.I. The molecule has 10 heteroatoms. The van der Waals surface area contributed by atoms with E-state index in [0.29, 0.717) is 50.3 Å². The number of ether oxygens (including phenoxy) is 2. The maximum atomic E-state index is 12.9. The fraction of sp³-hybridized carbons (Fsp3) is 0.650. The van der Waals surface area contributed by atoms with Crippen LogP contribution in [0.1, 0.15) is 31.2 Å². The molecule has 172 valence electrons. The summed E-state index contributed by atoms with van der Waals surface area (Å²) in [4.78, 5) is 4.56. The fourth-order valence-corrected chi connectivity index (χ4v) is 4.69. The monoisotopic (exact) mass is 554 g/mol. The highest BCUT2D eigenvalue weighted by Gasteiger charge is 2.25. The first-order valence-corrected chi connectivity index (χ1v) is 11.6. The van der Waals surface area contributed by atoms with Gasteiger partial charge in [-0.25, -0.2) is 8.42 Å². The smallest absolute Gasteiger partial charge is 0.243 e. The summed E-state index contributed by atoms with van der Waals surface area (Å²) in [5, 5.41) is 6.45. The zero-order valence-electron chi connectivity index (χ0n) is 17.9. The van der Waals surface area contributed by atoms with Gasteiger partial charge in [-0.05, 0) is 37.0 Å². The summed E-state index contributed by atoms with van der Waals surface area (Å²) in [6.07, 6.45) is 3.81. The van der Waals surface area contributed by atoms with Crippen LogP contribution in [0, 0.1) is 0 Å². The third-order valence-electron chi connectivity index (χ3n) is 4.72. The number of nitrogens with one attached hydrogen (secondary N) is 2. The van der Waals surface area contributed by atoms with Gasteiger partial charge < -0.3 is 20.1 Å². The molecule has 1 aliphatic heterocycles. The van der Waals surface area contributed by atoms with Crippen molar-refractivity contribution in [1.29, 1.82) is 0 Å². The third-order valence-corrected chi connectivity index (χ3v) is 6.62. The summed E-state index contributed by atoms with van der Waals surface area (Å²) in [6, 6.07) is 7.12. The number of sulfonamides is 1. The van der Waals surface area contributed by atoms with Gasteiger partial charge in [-0.15, -0.1) is 24.0 Å². The first-order valence-electron chi connectivity index (χ1n) is 10.2. The van der Waals surface area contributed by atoms with Gasteiger partial charge in [0.1, 0.15) is 0 Å². The molecule has 8 nitrogen and oxygen atoms in total. The average Bonchev–Trinajstić information content (AvgIpc) is 2.76. The lowest BCUT2D eigenvalue weighted by Crippen LogP contribution is -2.37. The number of guanidine groups is 1. The Hall–Kier alpha value is -0.950. The molecule has 1 heterocycles. The van der Waals surface area contributed by atoms with Crippen LogP contribution < -0.4 is 10.6 Å². The van der Waals surface area contributed by atoms with Crippen LogP contribution >= 0.6 is 24.0 Å². The molecule has 0 unspecified atom stereocenters. The summed E-state index contributed by atoms with van der Waals surface area (Å²) < 4.78 is 37.7. The third kappa shape index (κ3) is 9.04. The van der Waals surface area contributed by atoms with E-state index in [4.69, 9.17) is 9.47 Å². The second-order valence-corrected chi connectivity index (χ2v) is 8.86. The van der Waals surface area contributed by atoms with Crippen molar-refractivity contribution in [2.75, 3.05) is 53.6 Å². The molecule has 1 aromatic rings. The van der Waals surface area contributed by atoms with Crippen LogP contribution in [0.2, 0.25) is 0 Å². The van der Waals surface area contributed by atoms with E-state index in [-0.39, 0.29) is 24.0 Å². The molecule has 0 spiro atoms. The molecule has 1 saturated heterocycles. The molecular formula is C20H35IN4O4S. The number of nitrogens with zero attached hydrogens (tertiary/aromatic N) is 2.